The predicted octanol–water partition coefficient (Wildman–Crippen LogP) is 10.8. The van der Waals surface area contributed by atoms with Crippen molar-refractivity contribution in [3.63, 3.8) is 0 Å². The summed E-state index contributed by atoms with van der Waals surface area (Å²) in [5, 5.41) is 40.1. The SMILES string of the molecule is CCC/C=C/C/C=C/C/C=C/C/C=C/CCCCCC(=O)O[C@@H](COC(=O)CCCCCCCCCCCCCCCCCCCC)CO[C@H]1O[C@@H](CO)[C@@H](O)C(O)C1O. The lowest BCUT2D eigenvalue weighted by Gasteiger charge is -2.39. The van der Waals surface area contributed by atoms with Crippen LogP contribution in [0.4, 0.5) is 0 Å². The van der Waals surface area contributed by atoms with E-state index in [4.69, 9.17) is 18.9 Å². The third-order valence-corrected chi connectivity index (χ3v) is 10.9. The van der Waals surface area contributed by atoms with E-state index in [-0.39, 0.29) is 32.0 Å². The first-order chi connectivity index (χ1) is 29.3. The monoisotopic (exact) mass is 849 g/mol. The molecule has 0 aliphatic carbocycles. The number of aliphatic hydroxyl groups is 4. The van der Waals surface area contributed by atoms with Crippen molar-refractivity contribution in [2.24, 2.45) is 0 Å². The molecule has 0 amide bonds. The van der Waals surface area contributed by atoms with Crippen molar-refractivity contribution in [2.75, 3.05) is 19.8 Å². The summed E-state index contributed by atoms with van der Waals surface area (Å²) in [6, 6.07) is 0. The summed E-state index contributed by atoms with van der Waals surface area (Å²) >= 11 is 0. The molecule has 0 aromatic heterocycles. The molecule has 0 radical (unpaired) electrons. The summed E-state index contributed by atoms with van der Waals surface area (Å²) < 4.78 is 22.2. The lowest BCUT2D eigenvalue weighted by Crippen LogP contribution is -2.59. The second-order valence-corrected chi connectivity index (χ2v) is 16.6. The second kappa shape index (κ2) is 40.7. The fourth-order valence-corrected chi connectivity index (χ4v) is 7.12. The Morgan fingerprint density at radius 1 is 0.517 bits per heavy atom. The average molecular weight is 849 g/mol. The van der Waals surface area contributed by atoms with Gasteiger partial charge in [-0.2, -0.15) is 0 Å². The first-order valence-corrected chi connectivity index (χ1v) is 24.2. The van der Waals surface area contributed by atoms with Crippen molar-refractivity contribution < 1.29 is 49.0 Å². The highest BCUT2D eigenvalue weighted by Crippen LogP contribution is 2.23. The van der Waals surface area contributed by atoms with Crippen LogP contribution in [0.1, 0.15) is 200 Å². The molecular formula is C50H88O10. The summed E-state index contributed by atoms with van der Waals surface area (Å²) in [5.74, 6) is -0.838. The standard InChI is InChI=1S/C50H88O10/c1-3-5-7-9-11-13-15-17-19-21-23-24-26-28-30-32-34-36-38-45(52)57-41-43(42-58-50-49(56)48(55)47(54)44(40-51)60-50)59-46(53)39-37-35-33-31-29-27-25-22-20-18-16-14-12-10-8-6-4-2/h8,10,14,16,20,22,27,29,43-44,47-51,54-56H,3-7,9,11-13,15,17-19,21,23-26,28,30-42H2,1-2H3/b10-8+,16-14+,22-20+,29-27+/t43-,44-,47+,48?,49?,50-/m0/s1. The van der Waals surface area contributed by atoms with E-state index in [0.29, 0.717) is 6.42 Å². The van der Waals surface area contributed by atoms with Gasteiger partial charge < -0.3 is 39.4 Å². The number of ether oxygens (including phenoxy) is 4. The average Bonchev–Trinajstić information content (AvgIpc) is 3.25. The Morgan fingerprint density at radius 3 is 1.47 bits per heavy atom. The van der Waals surface area contributed by atoms with Crippen LogP contribution in [0.25, 0.3) is 0 Å². The van der Waals surface area contributed by atoms with Gasteiger partial charge in [-0.25, -0.2) is 0 Å². The molecule has 1 rings (SSSR count). The number of hydrogen-bond acceptors (Lipinski definition) is 10. The van der Waals surface area contributed by atoms with Gasteiger partial charge in [-0.05, 0) is 51.4 Å². The fraction of sp³-hybridized carbons (Fsp3) is 0.800. The highest BCUT2D eigenvalue weighted by Gasteiger charge is 2.44. The van der Waals surface area contributed by atoms with Gasteiger partial charge in [0.1, 0.15) is 31.0 Å². The van der Waals surface area contributed by atoms with Crippen molar-refractivity contribution in [3.8, 4) is 0 Å². The number of hydrogen-bond donors (Lipinski definition) is 4. The van der Waals surface area contributed by atoms with Crippen LogP contribution in [-0.4, -0.2) is 89.0 Å². The van der Waals surface area contributed by atoms with E-state index in [1.807, 2.05) is 0 Å². The van der Waals surface area contributed by atoms with Crippen molar-refractivity contribution >= 4 is 11.9 Å². The molecule has 10 nitrogen and oxygen atoms in total. The molecular weight excluding hydrogens is 761 g/mol. The normalized spacial score (nSPS) is 20.3. The molecule has 0 bridgehead atoms. The zero-order chi connectivity index (χ0) is 43.7. The molecule has 10 heteroatoms. The van der Waals surface area contributed by atoms with Gasteiger partial charge in [0.2, 0.25) is 0 Å². The van der Waals surface area contributed by atoms with Crippen LogP contribution in [0.5, 0.6) is 0 Å². The first-order valence-electron chi connectivity index (χ1n) is 24.2. The van der Waals surface area contributed by atoms with Crippen LogP contribution in [-0.2, 0) is 28.5 Å². The largest absolute Gasteiger partial charge is 0.462 e. The van der Waals surface area contributed by atoms with Crippen LogP contribution in [0, 0.1) is 0 Å². The zero-order valence-electron chi connectivity index (χ0n) is 37.9. The van der Waals surface area contributed by atoms with Crippen LogP contribution >= 0.6 is 0 Å². The molecule has 1 saturated heterocycles. The Balaban J connectivity index is 2.31. The molecule has 0 aromatic carbocycles. The van der Waals surface area contributed by atoms with Gasteiger partial charge in [0.05, 0.1) is 13.2 Å². The van der Waals surface area contributed by atoms with Crippen LogP contribution in [0.3, 0.4) is 0 Å². The lowest BCUT2D eigenvalue weighted by molar-refractivity contribution is -0.305. The number of unbranched alkanes of at least 4 members (excludes halogenated alkanes) is 21. The highest BCUT2D eigenvalue weighted by atomic mass is 16.7. The van der Waals surface area contributed by atoms with E-state index >= 15 is 0 Å². The molecule has 348 valence electrons. The summed E-state index contributed by atoms with van der Waals surface area (Å²) in [7, 11) is 0. The number of esters is 2. The van der Waals surface area contributed by atoms with Crippen molar-refractivity contribution in [1.82, 2.24) is 0 Å². The Morgan fingerprint density at radius 2 is 0.967 bits per heavy atom. The molecule has 1 aliphatic rings. The van der Waals surface area contributed by atoms with Gasteiger partial charge in [-0.1, -0.05) is 184 Å². The maximum absolute atomic E-state index is 12.8. The molecule has 1 heterocycles. The molecule has 6 atom stereocenters. The summed E-state index contributed by atoms with van der Waals surface area (Å²) in [5.41, 5.74) is 0. The van der Waals surface area contributed by atoms with Gasteiger partial charge in [0.15, 0.2) is 12.4 Å². The summed E-state index contributed by atoms with van der Waals surface area (Å²) in [6.45, 7) is 3.34. The minimum Gasteiger partial charge on any atom is -0.462 e. The van der Waals surface area contributed by atoms with Crippen LogP contribution in [0.2, 0.25) is 0 Å². The minimum absolute atomic E-state index is 0.193. The predicted molar refractivity (Wildman–Crippen MR) is 242 cm³/mol. The molecule has 4 N–H and O–H groups in total. The third-order valence-electron chi connectivity index (χ3n) is 10.9. The summed E-state index contributed by atoms with van der Waals surface area (Å²) in [4.78, 5) is 25.4. The van der Waals surface area contributed by atoms with Gasteiger partial charge >= 0.3 is 11.9 Å². The van der Waals surface area contributed by atoms with E-state index in [9.17, 15) is 30.0 Å². The molecule has 0 saturated carbocycles. The molecule has 2 unspecified atom stereocenters. The Hall–Kier alpha value is -2.34. The van der Waals surface area contributed by atoms with Gasteiger partial charge in [0, 0.05) is 12.8 Å². The topological polar surface area (TPSA) is 152 Å². The number of allylic oxidation sites excluding steroid dienone is 8. The number of carbonyl (C=O) groups is 2. The van der Waals surface area contributed by atoms with E-state index in [2.05, 4.69) is 62.5 Å². The van der Waals surface area contributed by atoms with Gasteiger partial charge in [0.25, 0.3) is 0 Å². The van der Waals surface area contributed by atoms with Gasteiger partial charge in [-0.15, -0.1) is 0 Å². The number of carbonyl (C=O) groups excluding carboxylic acids is 2. The first kappa shape index (κ1) is 55.7. The Bertz CT molecular complexity index is 1120. The molecule has 0 spiro atoms. The maximum atomic E-state index is 12.8. The van der Waals surface area contributed by atoms with Crippen LogP contribution in [0.15, 0.2) is 48.6 Å². The Labute approximate surface area is 365 Å². The smallest absolute Gasteiger partial charge is 0.306 e. The van der Waals surface area contributed by atoms with E-state index in [1.54, 1.807) is 0 Å². The second-order valence-electron chi connectivity index (χ2n) is 16.6. The third kappa shape index (κ3) is 31.5. The Kier molecular flexibility index (Phi) is 37.8. The van der Waals surface area contributed by atoms with Gasteiger partial charge in [-0.3, -0.25) is 9.59 Å². The van der Waals surface area contributed by atoms with Crippen molar-refractivity contribution in [1.29, 1.82) is 0 Å². The molecule has 60 heavy (non-hydrogen) atoms. The number of rotatable bonds is 40. The van der Waals surface area contributed by atoms with E-state index in [0.717, 1.165) is 64.2 Å². The van der Waals surface area contributed by atoms with Crippen LogP contribution < -0.4 is 0 Å². The van der Waals surface area contributed by atoms with Crippen molar-refractivity contribution in [3.05, 3.63) is 48.6 Å². The zero-order valence-corrected chi connectivity index (χ0v) is 37.9. The maximum Gasteiger partial charge on any atom is 0.306 e. The molecule has 1 fully saturated rings. The minimum atomic E-state index is -1.60. The number of aliphatic hydroxyl groups excluding tert-OH is 4. The lowest BCUT2D eigenvalue weighted by atomic mass is 9.99. The fourth-order valence-electron chi connectivity index (χ4n) is 7.12. The van der Waals surface area contributed by atoms with Crippen molar-refractivity contribution in [2.45, 2.75) is 237 Å². The molecule has 0 aromatic rings. The molecule has 1 aliphatic heterocycles. The quantitative estimate of drug-likeness (QED) is 0.0266. The van der Waals surface area contributed by atoms with E-state index in [1.165, 1.54) is 103 Å². The summed E-state index contributed by atoms with van der Waals surface area (Å²) in [6.07, 6.45) is 41.1. The highest BCUT2D eigenvalue weighted by molar-refractivity contribution is 5.70. The van der Waals surface area contributed by atoms with E-state index < -0.39 is 49.4 Å².